The van der Waals surface area contributed by atoms with Crippen molar-refractivity contribution in [3.05, 3.63) is 29.8 Å². The Bertz CT molecular complexity index is 427. The Morgan fingerprint density at radius 1 is 1.25 bits per heavy atom. The summed E-state index contributed by atoms with van der Waals surface area (Å²) in [6, 6.07) is 7.96. The molecule has 3 heteroatoms. The smallest absolute Gasteiger partial charge is 0.222 e. The molecule has 1 atom stereocenters. The number of nitrogen functional groups attached to an aromatic ring is 1. The summed E-state index contributed by atoms with van der Waals surface area (Å²) < 4.78 is 0. The first-order valence-corrected chi connectivity index (χ1v) is 7.81. The van der Waals surface area contributed by atoms with E-state index in [4.69, 9.17) is 5.73 Å². The van der Waals surface area contributed by atoms with E-state index in [1.165, 1.54) is 24.8 Å². The van der Waals surface area contributed by atoms with E-state index in [-0.39, 0.29) is 0 Å². The third-order valence-corrected chi connectivity index (χ3v) is 4.27. The van der Waals surface area contributed by atoms with Crippen LogP contribution < -0.4 is 5.73 Å². The third-order valence-electron chi connectivity index (χ3n) is 4.27. The van der Waals surface area contributed by atoms with Crippen molar-refractivity contribution in [3.63, 3.8) is 0 Å². The van der Waals surface area contributed by atoms with Crippen LogP contribution in [0.4, 0.5) is 5.69 Å². The summed E-state index contributed by atoms with van der Waals surface area (Å²) in [6.07, 6.45) is 6.38. The molecule has 1 heterocycles. The molecule has 20 heavy (non-hydrogen) atoms. The van der Waals surface area contributed by atoms with Gasteiger partial charge in [0.1, 0.15) is 0 Å². The zero-order valence-electron chi connectivity index (χ0n) is 12.5. The van der Waals surface area contributed by atoms with Crippen LogP contribution in [0, 0.1) is 5.92 Å². The lowest BCUT2D eigenvalue weighted by Crippen LogP contribution is -2.32. The van der Waals surface area contributed by atoms with Gasteiger partial charge in [-0.25, -0.2) is 0 Å². The first-order valence-electron chi connectivity index (χ1n) is 7.81. The predicted octanol–water partition coefficient (Wildman–Crippen LogP) is 3.24. The molecule has 2 N–H and O–H groups in total. The van der Waals surface area contributed by atoms with Crippen LogP contribution in [-0.4, -0.2) is 23.9 Å². The minimum atomic E-state index is 0.332. The van der Waals surface area contributed by atoms with Crippen molar-refractivity contribution in [2.75, 3.05) is 18.8 Å². The molecule has 0 spiro atoms. The summed E-state index contributed by atoms with van der Waals surface area (Å²) in [4.78, 5) is 14.2. The first-order chi connectivity index (χ1) is 9.69. The van der Waals surface area contributed by atoms with Crippen molar-refractivity contribution < 1.29 is 4.79 Å². The standard InChI is InChI=1S/C17H26N2O/c1-2-3-14-6-9-17(20)19(12-10-14)13-11-15-4-7-16(18)8-5-15/h4-5,7-8,14H,2-3,6,9-13,18H2,1H3. The first kappa shape index (κ1) is 14.9. The summed E-state index contributed by atoms with van der Waals surface area (Å²) in [5.74, 6) is 1.07. The number of amides is 1. The lowest BCUT2D eigenvalue weighted by Gasteiger charge is -2.21. The van der Waals surface area contributed by atoms with Gasteiger partial charge >= 0.3 is 0 Å². The van der Waals surface area contributed by atoms with Gasteiger partial charge < -0.3 is 10.6 Å². The quantitative estimate of drug-likeness (QED) is 0.838. The van der Waals surface area contributed by atoms with Gasteiger partial charge in [-0.1, -0.05) is 31.9 Å². The Morgan fingerprint density at radius 2 is 2.00 bits per heavy atom. The Balaban J connectivity index is 1.85. The number of nitrogens with two attached hydrogens (primary N) is 1. The Kier molecular flexibility index (Phi) is 5.45. The van der Waals surface area contributed by atoms with Gasteiger partial charge in [-0.2, -0.15) is 0 Å². The summed E-state index contributed by atoms with van der Waals surface area (Å²) in [5.41, 5.74) is 7.73. The van der Waals surface area contributed by atoms with E-state index < -0.39 is 0 Å². The van der Waals surface area contributed by atoms with Gasteiger partial charge in [-0.05, 0) is 42.9 Å². The second-order valence-electron chi connectivity index (χ2n) is 5.85. The monoisotopic (exact) mass is 274 g/mol. The van der Waals surface area contributed by atoms with E-state index in [1.807, 2.05) is 17.0 Å². The highest BCUT2D eigenvalue weighted by Gasteiger charge is 2.21. The van der Waals surface area contributed by atoms with Crippen LogP contribution in [0.3, 0.4) is 0 Å². The molecule has 3 nitrogen and oxygen atoms in total. The molecule has 0 aromatic heterocycles. The topological polar surface area (TPSA) is 46.3 Å². The van der Waals surface area contributed by atoms with Gasteiger partial charge in [-0.15, -0.1) is 0 Å². The Labute approximate surface area is 122 Å². The van der Waals surface area contributed by atoms with Gasteiger partial charge in [0.25, 0.3) is 0 Å². The molecule has 1 aliphatic rings. The van der Waals surface area contributed by atoms with Crippen LogP contribution in [0.15, 0.2) is 24.3 Å². The maximum atomic E-state index is 12.1. The molecular weight excluding hydrogens is 248 g/mol. The van der Waals surface area contributed by atoms with Gasteiger partial charge in [0, 0.05) is 25.2 Å². The number of benzene rings is 1. The molecule has 0 bridgehead atoms. The zero-order valence-corrected chi connectivity index (χ0v) is 12.5. The van der Waals surface area contributed by atoms with Crippen molar-refractivity contribution in [2.45, 2.75) is 45.4 Å². The molecule has 1 aromatic rings. The molecular formula is C17H26N2O. The summed E-state index contributed by atoms with van der Waals surface area (Å²) in [7, 11) is 0. The van der Waals surface area contributed by atoms with E-state index in [0.29, 0.717) is 5.91 Å². The fraction of sp³-hybridized carbons (Fsp3) is 0.588. The number of likely N-dealkylation sites (tertiary alicyclic amines) is 1. The molecule has 1 aromatic carbocycles. The third kappa shape index (κ3) is 4.26. The molecule has 1 amide bonds. The second-order valence-corrected chi connectivity index (χ2v) is 5.85. The van der Waals surface area contributed by atoms with E-state index in [9.17, 15) is 4.79 Å². The highest BCUT2D eigenvalue weighted by atomic mass is 16.2. The molecule has 0 radical (unpaired) electrons. The van der Waals surface area contributed by atoms with E-state index in [1.54, 1.807) is 0 Å². The van der Waals surface area contributed by atoms with Crippen molar-refractivity contribution >= 4 is 11.6 Å². The fourth-order valence-electron chi connectivity index (χ4n) is 2.97. The SMILES string of the molecule is CCCC1CCC(=O)N(CCc2ccc(N)cc2)CC1. The van der Waals surface area contributed by atoms with Crippen molar-refractivity contribution in [2.24, 2.45) is 5.92 Å². The summed E-state index contributed by atoms with van der Waals surface area (Å²) in [6.45, 7) is 3.99. The van der Waals surface area contributed by atoms with E-state index >= 15 is 0 Å². The highest BCUT2D eigenvalue weighted by molar-refractivity contribution is 5.76. The molecule has 1 fully saturated rings. The minimum Gasteiger partial charge on any atom is -0.399 e. The number of anilines is 1. The highest BCUT2D eigenvalue weighted by Crippen LogP contribution is 2.22. The normalized spacial score (nSPS) is 19.9. The van der Waals surface area contributed by atoms with Crippen molar-refractivity contribution in [1.82, 2.24) is 4.90 Å². The van der Waals surface area contributed by atoms with Crippen molar-refractivity contribution in [3.8, 4) is 0 Å². The van der Waals surface area contributed by atoms with Crippen LogP contribution >= 0.6 is 0 Å². The molecule has 0 saturated carbocycles. The molecule has 1 saturated heterocycles. The lowest BCUT2D eigenvalue weighted by molar-refractivity contribution is -0.130. The lowest BCUT2D eigenvalue weighted by atomic mass is 9.96. The number of carbonyl (C=O) groups is 1. The maximum Gasteiger partial charge on any atom is 0.222 e. The van der Waals surface area contributed by atoms with Crippen LogP contribution in [0.1, 0.15) is 44.6 Å². The molecule has 1 aliphatic heterocycles. The number of nitrogens with zero attached hydrogens (tertiary/aromatic N) is 1. The number of hydrogen-bond acceptors (Lipinski definition) is 2. The average molecular weight is 274 g/mol. The predicted molar refractivity (Wildman–Crippen MR) is 83.4 cm³/mol. The average Bonchev–Trinajstić information content (AvgIpc) is 2.62. The van der Waals surface area contributed by atoms with Gasteiger partial charge in [-0.3, -0.25) is 4.79 Å². The summed E-state index contributed by atoms with van der Waals surface area (Å²) in [5, 5.41) is 0. The molecule has 0 aliphatic carbocycles. The maximum absolute atomic E-state index is 12.1. The van der Waals surface area contributed by atoms with Crippen LogP contribution in [0.5, 0.6) is 0 Å². The fourth-order valence-corrected chi connectivity index (χ4v) is 2.97. The van der Waals surface area contributed by atoms with Gasteiger partial charge in [0.15, 0.2) is 0 Å². The van der Waals surface area contributed by atoms with Crippen molar-refractivity contribution in [1.29, 1.82) is 0 Å². The van der Waals surface area contributed by atoms with E-state index in [2.05, 4.69) is 19.1 Å². The zero-order chi connectivity index (χ0) is 14.4. The van der Waals surface area contributed by atoms with Crippen LogP contribution in [-0.2, 0) is 11.2 Å². The van der Waals surface area contributed by atoms with Gasteiger partial charge in [0.05, 0.1) is 0 Å². The second kappa shape index (κ2) is 7.32. The van der Waals surface area contributed by atoms with E-state index in [0.717, 1.165) is 44.0 Å². The number of hydrogen-bond donors (Lipinski definition) is 1. The molecule has 2 rings (SSSR count). The van der Waals surface area contributed by atoms with Crippen LogP contribution in [0.25, 0.3) is 0 Å². The summed E-state index contributed by atoms with van der Waals surface area (Å²) >= 11 is 0. The molecule has 1 unspecified atom stereocenters. The number of rotatable bonds is 5. The van der Waals surface area contributed by atoms with Crippen LogP contribution in [0.2, 0.25) is 0 Å². The Morgan fingerprint density at radius 3 is 2.70 bits per heavy atom. The Hall–Kier alpha value is -1.51. The minimum absolute atomic E-state index is 0.332. The molecule has 110 valence electrons. The largest absolute Gasteiger partial charge is 0.399 e. The van der Waals surface area contributed by atoms with Gasteiger partial charge in [0.2, 0.25) is 5.91 Å². The number of carbonyl (C=O) groups excluding carboxylic acids is 1.